The highest BCUT2D eigenvalue weighted by atomic mass is 16.2. The zero-order chi connectivity index (χ0) is 11.0. The Hall–Kier alpha value is -1.96. The van der Waals surface area contributed by atoms with Crippen molar-refractivity contribution in [1.82, 2.24) is 0 Å². The predicted molar refractivity (Wildman–Crippen MR) is 61.6 cm³/mol. The van der Waals surface area contributed by atoms with E-state index in [1.807, 2.05) is 24.3 Å². The normalized spacial score (nSPS) is 10.5. The Labute approximate surface area is 87.2 Å². The standard InChI is InChI=1S/C13H10O2/c1-3-9-6-4-5-7-10(9)11-8(2)12(14)13(11)15/h3-7H,1H2,2H3. The Kier molecular flexibility index (Phi) is 2.12. The van der Waals surface area contributed by atoms with E-state index in [9.17, 15) is 9.59 Å². The fourth-order valence-electron chi connectivity index (χ4n) is 1.73. The third-order valence-electron chi connectivity index (χ3n) is 2.60. The van der Waals surface area contributed by atoms with Crippen LogP contribution in [0, 0.1) is 6.92 Å². The maximum Gasteiger partial charge on any atom is 0.234 e. The molecule has 15 heavy (non-hydrogen) atoms. The summed E-state index contributed by atoms with van der Waals surface area (Å²) in [4.78, 5) is 22.5. The number of rotatable bonds is 2. The van der Waals surface area contributed by atoms with Gasteiger partial charge in [-0.2, -0.15) is 0 Å². The Morgan fingerprint density at radius 3 is 2.40 bits per heavy atom. The molecule has 0 aromatic heterocycles. The average molecular weight is 198 g/mol. The maximum atomic E-state index is 11.4. The van der Waals surface area contributed by atoms with Crippen LogP contribution in [-0.2, 0) is 0 Å². The molecule has 0 aliphatic rings. The van der Waals surface area contributed by atoms with Crippen LogP contribution in [0.4, 0.5) is 0 Å². The van der Waals surface area contributed by atoms with Gasteiger partial charge in [0.2, 0.25) is 10.9 Å². The molecule has 0 bridgehead atoms. The van der Waals surface area contributed by atoms with E-state index in [0.717, 1.165) is 11.1 Å². The molecule has 0 saturated carbocycles. The first-order chi connectivity index (χ1) is 7.16. The van der Waals surface area contributed by atoms with Crippen molar-refractivity contribution in [1.29, 1.82) is 0 Å². The number of hydrogen-bond donors (Lipinski definition) is 0. The van der Waals surface area contributed by atoms with Gasteiger partial charge in [0, 0.05) is 11.1 Å². The lowest BCUT2D eigenvalue weighted by Gasteiger charge is -2.09. The third-order valence-corrected chi connectivity index (χ3v) is 2.60. The lowest BCUT2D eigenvalue weighted by molar-refractivity contribution is 1.28. The second-order valence-corrected chi connectivity index (χ2v) is 3.45. The van der Waals surface area contributed by atoms with Crippen LogP contribution in [0.15, 0.2) is 40.4 Å². The zero-order valence-corrected chi connectivity index (χ0v) is 8.41. The fraction of sp³-hybridized carbons (Fsp3) is 0.0769. The Morgan fingerprint density at radius 1 is 1.13 bits per heavy atom. The van der Waals surface area contributed by atoms with E-state index in [4.69, 9.17) is 0 Å². The first-order valence-electron chi connectivity index (χ1n) is 4.68. The smallest absolute Gasteiger partial charge is 0.234 e. The number of benzene rings is 1. The van der Waals surface area contributed by atoms with Crippen molar-refractivity contribution in [2.45, 2.75) is 6.92 Å². The van der Waals surface area contributed by atoms with Crippen LogP contribution in [0.25, 0.3) is 17.2 Å². The minimum absolute atomic E-state index is 0.371. The van der Waals surface area contributed by atoms with Crippen LogP contribution < -0.4 is 10.9 Å². The van der Waals surface area contributed by atoms with Crippen LogP contribution in [0.1, 0.15) is 11.1 Å². The second kappa shape index (κ2) is 3.31. The van der Waals surface area contributed by atoms with Gasteiger partial charge >= 0.3 is 0 Å². The summed E-state index contributed by atoms with van der Waals surface area (Å²) in [6, 6.07) is 7.43. The lowest BCUT2D eigenvalue weighted by atomic mass is 9.92. The Morgan fingerprint density at radius 2 is 1.80 bits per heavy atom. The first-order valence-corrected chi connectivity index (χ1v) is 4.68. The molecule has 2 aromatic rings. The molecule has 74 valence electrons. The van der Waals surface area contributed by atoms with Crippen LogP contribution in [0.5, 0.6) is 0 Å². The van der Waals surface area contributed by atoms with Gasteiger partial charge in [-0.1, -0.05) is 36.9 Å². The zero-order valence-electron chi connectivity index (χ0n) is 8.41. The first kappa shape index (κ1) is 9.59. The van der Waals surface area contributed by atoms with Crippen LogP contribution >= 0.6 is 0 Å². The summed E-state index contributed by atoms with van der Waals surface area (Å²) in [5, 5.41) is 0. The summed E-state index contributed by atoms with van der Waals surface area (Å²) < 4.78 is 0. The molecule has 0 atom stereocenters. The minimum atomic E-state index is -0.387. The quantitative estimate of drug-likeness (QED) is 0.691. The van der Waals surface area contributed by atoms with Crippen molar-refractivity contribution in [2.24, 2.45) is 0 Å². The lowest BCUT2D eigenvalue weighted by Crippen LogP contribution is -2.35. The summed E-state index contributed by atoms with van der Waals surface area (Å²) >= 11 is 0. The van der Waals surface area contributed by atoms with Crippen molar-refractivity contribution < 1.29 is 0 Å². The molecule has 2 rings (SSSR count). The van der Waals surface area contributed by atoms with E-state index < -0.39 is 0 Å². The molecule has 2 heteroatoms. The van der Waals surface area contributed by atoms with Crippen molar-refractivity contribution in [2.75, 3.05) is 0 Å². The highest BCUT2D eigenvalue weighted by Gasteiger charge is 2.19. The molecule has 0 aliphatic carbocycles. The van der Waals surface area contributed by atoms with Crippen LogP contribution in [-0.4, -0.2) is 0 Å². The second-order valence-electron chi connectivity index (χ2n) is 3.45. The molecular weight excluding hydrogens is 188 g/mol. The van der Waals surface area contributed by atoms with Gasteiger partial charge in [-0.05, 0) is 18.1 Å². The van der Waals surface area contributed by atoms with Gasteiger partial charge in [-0.25, -0.2) is 0 Å². The molecule has 0 radical (unpaired) electrons. The summed E-state index contributed by atoms with van der Waals surface area (Å²) in [6.07, 6.45) is 1.69. The van der Waals surface area contributed by atoms with Gasteiger partial charge in [-0.15, -0.1) is 0 Å². The van der Waals surface area contributed by atoms with E-state index in [2.05, 4.69) is 6.58 Å². The molecule has 0 N–H and O–H groups in total. The van der Waals surface area contributed by atoms with Crippen LogP contribution in [0.3, 0.4) is 0 Å². The maximum absolute atomic E-state index is 11.4. The molecule has 0 unspecified atom stereocenters. The van der Waals surface area contributed by atoms with Crippen LogP contribution in [0.2, 0.25) is 0 Å². The highest BCUT2D eigenvalue weighted by Crippen LogP contribution is 2.23. The molecule has 0 fully saturated rings. The van der Waals surface area contributed by atoms with E-state index in [0.29, 0.717) is 11.1 Å². The van der Waals surface area contributed by atoms with E-state index in [1.54, 1.807) is 13.0 Å². The van der Waals surface area contributed by atoms with Gasteiger partial charge in [0.05, 0.1) is 0 Å². The Balaban J connectivity index is 2.71. The average Bonchev–Trinajstić information content (AvgIpc) is 2.29. The van der Waals surface area contributed by atoms with Crippen molar-refractivity contribution in [3.05, 3.63) is 62.4 Å². The van der Waals surface area contributed by atoms with Crippen molar-refractivity contribution in [3.63, 3.8) is 0 Å². The molecular formula is C13H10O2. The monoisotopic (exact) mass is 198 g/mol. The molecule has 0 heterocycles. The van der Waals surface area contributed by atoms with E-state index in [-0.39, 0.29) is 10.9 Å². The van der Waals surface area contributed by atoms with Gasteiger partial charge in [-0.3, -0.25) is 9.59 Å². The summed E-state index contributed by atoms with van der Waals surface area (Å²) in [5.74, 6) is 0. The van der Waals surface area contributed by atoms with Gasteiger partial charge < -0.3 is 0 Å². The van der Waals surface area contributed by atoms with E-state index >= 15 is 0 Å². The highest BCUT2D eigenvalue weighted by molar-refractivity contribution is 5.78. The molecule has 0 amide bonds. The molecule has 2 nitrogen and oxygen atoms in total. The topological polar surface area (TPSA) is 34.1 Å². The van der Waals surface area contributed by atoms with Crippen molar-refractivity contribution in [3.8, 4) is 11.1 Å². The predicted octanol–water partition coefficient (Wildman–Crippen LogP) is 1.90. The molecule has 0 aliphatic heterocycles. The molecule has 2 aromatic carbocycles. The molecule has 0 spiro atoms. The largest absolute Gasteiger partial charge is 0.285 e. The summed E-state index contributed by atoms with van der Waals surface area (Å²) in [7, 11) is 0. The Bertz CT molecular complexity index is 599. The van der Waals surface area contributed by atoms with Gasteiger partial charge in [0.25, 0.3) is 0 Å². The minimum Gasteiger partial charge on any atom is -0.285 e. The van der Waals surface area contributed by atoms with E-state index in [1.165, 1.54) is 0 Å². The molecule has 0 saturated heterocycles. The fourth-order valence-corrected chi connectivity index (χ4v) is 1.73. The summed E-state index contributed by atoms with van der Waals surface area (Å²) in [6.45, 7) is 5.36. The SMILES string of the molecule is C=Cc1ccccc1-c1c(C)c(=O)c1=O. The van der Waals surface area contributed by atoms with Crippen molar-refractivity contribution >= 4 is 6.08 Å². The third kappa shape index (κ3) is 1.26. The van der Waals surface area contributed by atoms with Gasteiger partial charge in [0.1, 0.15) is 0 Å². The number of hydrogen-bond acceptors (Lipinski definition) is 2. The van der Waals surface area contributed by atoms with Gasteiger partial charge in [0.15, 0.2) is 0 Å². The summed E-state index contributed by atoms with van der Waals surface area (Å²) in [5.41, 5.74) is 2.01.